The fourth-order valence-corrected chi connectivity index (χ4v) is 3.09. The van der Waals surface area contributed by atoms with Crippen LogP contribution < -0.4 is 0 Å². The molecule has 3 heterocycles. The summed E-state index contributed by atoms with van der Waals surface area (Å²) in [5.41, 5.74) is 1.03. The summed E-state index contributed by atoms with van der Waals surface area (Å²) in [6, 6.07) is 6.46. The predicted octanol–water partition coefficient (Wildman–Crippen LogP) is 2.23. The van der Waals surface area contributed by atoms with E-state index in [1.807, 2.05) is 6.92 Å². The van der Waals surface area contributed by atoms with E-state index < -0.39 is 6.10 Å². The molecule has 0 bridgehead atoms. The van der Waals surface area contributed by atoms with Crippen LogP contribution in [0.3, 0.4) is 0 Å². The molecule has 2 aromatic heterocycles. The van der Waals surface area contributed by atoms with E-state index in [1.165, 1.54) is 6.07 Å². The van der Waals surface area contributed by atoms with Gasteiger partial charge in [-0.15, -0.1) is 0 Å². The number of nitrogens with zero attached hydrogens (tertiary/aromatic N) is 5. The first-order chi connectivity index (χ1) is 13.6. The number of hydrogen-bond donors (Lipinski definition) is 0. The van der Waals surface area contributed by atoms with Crippen molar-refractivity contribution in [3.8, 4) is 0 Å². The summed E-state index contributed by atoms with van der Waals surface area (Å²) >= 11 is 0. The molecule has 8 nitrogen and oxygen atoms in total. The van der Waals surface area contributed by atoms with Crippen molar-refractivity contribution in [3.63, 3.8) is 0 Å². The average molecular weight is 385 g/mol. The number of aryl methyl sites for hydroxylation is 1. The van der Waals surface area contributed by atoms with E-state index in [9.17, 15) is 9.18 Å². The molecule has 1 saturated heterocycles. The Morgan fingerprint density at radius 3 is 3.00 bits per heavy atom. The van der Waals surface area contributed by atoms with Crippen LogP contribution in [0.1, 0.15) is 40.7 Å². The lowest BCUT2D eigenvalue weighted by Crippen LogP contribution is -2.42. The molecule has 1 atom stereocenters. The van der Waals surface area contributed by atoms with Crippen molar-refractivity contribution in [2.45, 2.75) is 26.0 Å². The Bertz CT molecular complexity index is 970. The molecule has 1 fully saturated rings. The van der Waals surface area contributed by atoms with E-state index in [2.05, 4.69) is 15.2 Å². The number of halogens is 1. The van der Waals surface area contributed by atoms with Crippen LogP contribution in [0, 0.1) is 5.82 Å². The van der Waals surface area contributed by atoms with Gasteiger partial charge < -0.3 is 14.2 Å². The Labute approximate surface area is 160 Å². The highest BCUT2D eigenvalue weighted by atomic mass is 19.1. The van der Waals surface area contributed by atoms with E-state index >= 15 is 0 Å². The van der Waals surface area contributed by atoms with E-state index in [-0.39, 0.29) is 24.0 Å². The van der Waals surface area contributed by atoms with Crippen molar-refractivity contribution in [3.05, 3.63) is 65.3 Å². The number of ether oxygens (including phenoxy) is 1. The Morgan fingerprint density at radius 1 is 1.36 bits per heavy atom. The van der Waals surface area contributed by atoms with Gasteiger partial charge in [0.2, 0.25) is 0 Å². The summed E-state index contributed by atoms with van der Waals surface area (Å²) in [7, 11) is 0. The molecule has 1 aliphatic heterocycles. The van der Waals surface area contributed by atoms with Gasteiger partial charge in [0, 0.05) is 25.7 Å². The van der Waals surface area contributed by atoms with Crippen molar-refractivity contribution in [1.82, 2.24) is 24.8 Å². The lowest BCUT2D eigenvalue weighted by atomic mass is 10.1. The van der Waals surface area contributed by atoms with Crippen molar-refractivity contribution in [2.24, 2.45) is 0 Å². The summed E-state index contributed by atoms with van der Waals surface area (Å²) in [5, 5.41) is 8.07. The molecule has 0 radical (unpaired) electrons. The molecule has 0 N–H and O–H groups in total. The maximum absolute atomic E-state index is 13.8. The van der Waals surface area contributed by atoms with Gasteiger partial charge in [-0.25, -0.2) is 4.39 Å². The number of carbonyl (C=O) groups is 1. The fourth-order valence-electron chi connectivity index (χ4n) is 3.09. The normalized spacial score (nSPS) is 17.1. The number of rotatable bonds is 5. The van der Waals surface area contributed by atoms with E-state index in [0.717, 1.165) is 0 Å². The molecule has 0 aliphatic carbocycles. The van der Waals surface area contributed by atoms with E-state index in [4.69, 9.17) is 9.26 Å². The second kappa shape index (κ2) is 7.89. The number of hydrogen-bond acceptors (Lipinski definition) is 6. The molecule has 1 aromatic carbocycles. The van der Waals surface area contributed by atoms with Crippen molar-refractivity contribution in [2.75, 3.05) is 19.7 Å². The smallest absolute Gasteiger partial charge is 0.257 e. The zero-order chi connectivity index (χ0) is 19.5. The molecular weight excluding hydrogens is 365 g/mol. The van der Waals surface area contributed by atoms with Crippen LogP contribution >= 0.6 is 0 Å². The fraction of sp³-hybridized carbons (Fsp3) is 0.368. The number of aromatic nitrogens is 4. The number of morpholine rings is 1. The molecule has 1 unspecified atom stereocenters. The van der Waals surface area contributed by atoms with Gasteiger partial charge in [-0.2, -0.15) is 10.1 Å². The second-order valence-corrected chi connectivity index (χ2v) is 6.51. The molecule has 1 amide bonds. The Balaban J connectivity index is 1.44. The number of amides is 1. The largest absolute Gasteiger partial charge is 0.365 e. The summed E-state index contributed by atoms with van der Waals surface area (Å²) in [5.74, 6) is 0.232. The molecule has 146 valence electrons. The predicted molar refractivity (Wildman–Crippen MR) is 96.0 cm³/mol. The Kier molecular flexibility index (Phi) is 5.16. The van der Waals surface area contributed by atoms with Gasteiger partial charge in [0.25, 0.3) is 11.8 Å². The van der Waals surface area contributed by atoms with Gasteiger partial charge in [0.1, 0.15) is 5.82 Å². The highest BCUT2D eigenvalue weighted by Crippen LogP contribution is 2.23. The topological polar surface area (TPSA) is 86.3 Å². The van der Waals surface area contributed by atoms with Crippen molar-refractivity contribution >= 4 is 5.91 Å². The standard InChI is InChI=1S/C19H20FN5O3/c1-2-25-11-14(10-21-25)19(26)24-7-8-27-16(12-24)18-22-17(23-28-18)9-13-5-3-4-6-15(13)20/h3-6,10-11,16H,2,7-9,12H2,1H3. The Morgan fingerprint density at radius 2 is 2.21 bits per heavy atom. The number of benzene rings is 1. The van der Waals surface area contributed by atoms with Gasteiger partial charge in [0.05, 0.1) is 24.9 Å². The zero-order valence-electron chi connectivity index (χ0n) is 15.4. The first-order valence-corrected chi connectivity index (χ1v) is 9.13. The SMILES string of the molecule is CCn1cc(C(=O)N2CCOC(c3nc(Cc4ccccc4F)no3)C2)cn1. The minimum Gasteiger partial charge on any atom is -0.365 e. The van der Waals surface area contributed by atoms with Crippen molar-refractivity contribution in [1.29, 1.82) is 0 Å². The highest BCUT2D eigenvalue weighted by Gasteiger charge is 2.30. The summed E-state index contributed by atoms with van der Waals surface area (Å²) in [6.07, 6.45) is 3.00. The average Bonchev–Trinajstić information content (AvgIpc) is 3.39. The third-order valence-corrected chi connectivity index (χ3v) is 4.62. The summed E-state index contributed by atoms with van der Waals surface area (Å²) in [4.78, 5) is 18.7. The van der Waals surface area contributed by atoms with E-state index in [0.29, 0.717) is 43.2 Å². The third-order valence-electron chi connectivity index (χ3n) is 4.62. The van der Waals surface area contributed by atoms with Crippen LogP contribution in [-0.4, -0.2) is 50.4 Å². The van der Waals surface area contributed by atoms with Crippen LogP contribution in [0.15, 0.2) is 41.2 Å². The summed E-state index contributed by atoms with van der Waals surface area (Å²) in [6.45, 7) is 3.80. The van der Waals surface area contributed by atoms with Crippen molar-refractivity contribution < 1.29 is 18.4 Å². The molecule has 0 spiro atoms. The third kappa shape index (κ3) is 3.79. The minimum absolute atomic E-state index is 0.112. The molecule has 0 saturated carbocycles. The minimum atomic E-state index is -0.513. The quantitative estimate of drug-likeness (QED) is 0.669. The van der Waals surface area contributed by atoms with Crippen LogP contribution in [0.4, 0.5) is 4.39 Å². The monoisotopic (exact) mass is 385 g/mol. The zero-order valence-corrected chi connectivity index (χ0v) is 15.4. The molecule has 4 rings (SSSR count). The van der Waals surface area contributed by atoms with Gasteiger partial charge in [-0.1, -0.05) is 23.4 Å². The molecule has 9 heteroatoms. The van der Waals surface area contributed by atoms with Gasteiger partial charge >= 0.3 is 0 Å². The van der Waals surface area contributed by atoms with Crippen LogP contribution in [0.2, 0.25) is 0 Å². The Hall–Kier alpha value is -3.07. The molecule has 3 aromatic rings. The molecular formula is C19H20FN5O3. The van der Waals surface area contributed by atoms with Crippen LogP contribution in [0.5, 0.6) is 0 Å². The van der Waals surface area contributed by atoms with Gasteiger partial charge in [0.15, 0.2) is 11.9 Å². The first kappa shape index (κ1) is 18.3. The molecule has 1 aliphatic rings. The lowest BCUT2D eigenvalue weighted by molar-refractivity contribution is -0.0367. The highest BCUT2D eigenvalue weighted by molar-refractivity contribution is 5.93. The van der Waals surface area contributed by atoms with Gasteiger partial charge in [-0.05, 0) is 18.6 Å². The van der Waals surface area contributed by atoms with Crippen LogP contribution in [-0.2, 0) is 17.7 Å². The van der Waals surface area contributed by atoms with Crippen LogP contribution in [0.25, 0.3) is 0 Å². The maximum Gasteiger partial charge on any atom is 0.257 e. The van der Waals surface area contributed by atoms with E-state index in [1.54, 1.807) is 40.2 Å². The maximum atomic E-state index is 13.8. The van der Waals surface area contributed by atoms with Gasteiger partial charge in [-0.3, -0.25) is 9.48 Å². The molecule has 28 heavy (non-hydrogen) atoms. The first-order valence-electron chi connectivity index (χ1n) is 9.13. The lowest BCUT2D eigenvalue weighted by Gasteiger charge is -2.30. The summed E-state index contributed by atoms with van der Waals surface area (Å²) < 4.78 is 26.5. The second-order valence-electron chi connectivity index (χ2n) is 6.51. The number of carbonyl (C=O) groups excluding carboxylic acids is 1.